The normalized spacial score (nSPS) is 15.4. The van der Waals surface area contributed by atoms with Crippen LogP contribution in [0.5, 0.6) is 0 Å². The third kappa shape index (κ3) is 2.61. The second-order valence-corrected chi connectivity index (χ2v) is 11.8. The second-order valence-electron chi connectivity index (χ2n) is 2.19. The van der Waals surface area contributed by atoms with Gasteiger partial charge in [-0.1, -0.05) is 0 Å². The van der Waals surface area contributed by atoms with Gasteiger partial charge in [0.2, 0.25) is 0 Å². The van der Waals surface area contributed by atoms with E-state index >= 15 is 0 Å². The summed E-state index contributed by atoms with van der Waals surface area (Å²) in [6.45, 7) is 0. The van der Waals surface area contributed by atoms with Gasteiger partial charge in [-0.3, -0.25) is 4.57 Å². The van der Waals surface area contributed by atoms with E-state index in [1.54, 1.807) is 0 Å². The van der Waals surface area contributed by atoms with Gasteiger partial charge in [-0.05, 0) is 45.6 Å². The SMILES string of the molecule is O=[PH](O)S(Cl)(Cl)c1ccc(F)cc1. The summed E-state index contributed by atoms with van der Waals surface area (Å²) in [5.41, 5.74) is 0. The largest absolute Gasteiger partial charge is 0.338 e. The summed E-state index contributed by atoms with van der Waals surface area (Å²) in [6.07, 6.45) is 0. The van der Waals surface area contributed by atoms with Crippen LogP contribution in [0.3, 0.4) is 0 Å². The highest BCUT2D eigenvalue weighted by Crippen LogP contribution is 2.80. The van der Waals surface area contributed by atoms with Crippen molar-refractivity contribution < 1.29 is 13.8 Å². The van der Waals surface area contributed by atoms with Crippen molar-refractivity contribution >= 4 is 36.7 Å². The van der Waals surface area contributed by atoms with E-state index in [1.165, 1.54) is 12.1 Å². The van der Waals surface area contributed by atoms with Crippen LogP contribution in [0.15, 0.2) is 29.2 Å². The molecule has 1 atom stereocenters. The standard InChI is InChI=1S/C6H6Cl2FO2PS/c7-13(8,12(10)11)6-3-1-5(9)2-4-6/h1-4,12H,(H,10,11). The molecule has 1 N–H and O–H groups in total. The fourth-order valence-electron chi connectivity index (χ4n) is 0.706. The zero-order valence-corrected chi connectivity index (χ0v) is 9.54. The van der Waals surface area contributed by atoms with Crippen molar-refractivity contribution in [3.8, 4) is 0 Å². The monoisotopic (exact) mass is 262 g/mol. The van der Waals surface area contributed by atoms with Gasteiger partial charge >= 0.3 is 0 Å². The van der Waals surface area contributed by atoms with Crippen LogP contribution in [0.4, 0.5) is 4.39 Å². The van der Waals surface area contributed by atoms with E-state index in [2.05, 4.69) is 0 Å². The van der Waals surface area contributed by atoms with Crippen molar-refractivity contribution in [3.05, 3.63) is 30.1 Å². The van der Waals surface area contributed by atoms with E-state index in [-0.39, 0.29) is 0 Å². The molecule has 0 aromatic heterocycles. The molecule has 1 rings (SSSR count). The molecule has 1 aromatic carbocycles. The minimum absolute atomic E-state index is 0.295. The molecule has 2 nitrogen and oxygen atoms in total. The Bertz CT molecular complexity index is 330. The maximum absolute atomic E-state index is 12.5. The number of halogens is 3. The fraction of sp³-hybridized carbons (Fsp3) is 0. The van der Waals surface area contributed by atoms with Crippen LogP contribution >= 0.6 is 36.7 Å². The van der Waals surface area contributed by atoms with E-state index in [9.17, 15) is 8.96 Å². The Hall–Kier alpha value is 0.270. The van der Waals surface area contributed by atoms with Gasteiger partial charge in [0, 0.05) is 13.0 Å². The molecular formula is C6H6Cl2FO2PS. The van der Waals surface area contributed by atoms with Gasteiger partial charge in [0.25, 0.3) is 7.23 Å². The molecular weight excluding hydrogens is 257 g/mol. The van der Waals surface area contributed by atoms with Crippen LogP contribution in [0.2, 0.25) is 0 Å². The Labute approximate surface area is 85.6 Å². The summed E-state index contributed by atoms with van der Waals surface area (Å²) >= 11 is 0. The van der Waals surface area contributed by atoms with E-state index < -0.39 is 21.1 Å². The number of rotatable bonds is 2. The summed E-state index contributed by atoms with van der Waals surface area (Å²) in [6, 6.07) is 4.91. The Morgan fingerprint density at radius 1 is 1.31 bits per heavy atom. The quantitative estimate of drug-likeness (QED) is 0.826. The minimum Gasteiger partial charge on any atom is -0.338 e. The minimum atomic E-state index is -3.03. The lowest BCUT2D eigenvalue weighted by atomic mass is 10.4. The average molecular weight is 263 g/mol. The molecule has 1 aromatic rings. The lowest BCUT2D eigenvalue weighted by Crippen LogP contribution is -1.80. The molecule has 1 unspecified atom stereocenters. The van der Waals surface area contributed by atoms with Crippen molar-refractivity contribution in [3.63, 3.8) is 0 Å². The van der Waals surface area contributed by atoms with E-state index in [4.69, 9.17) is 26.3 Å². The molecule has 74 valence electrons. The summed E-state index contributed by atoms with van der Waals surface area (Å²) in [5.74, 6) is -0.440. The Balaban J connectivity index is 3.08. The van der Waals surface area contributed by atoms with E-state index in [1.807, 2.05) is 0 Å². The van der Waals surface area contributed by atoms with Gasteiger partial charge in [0.05, 0.1) is 0 Å². The first kappa shape index (κ1) is 11.3. The fourth-order valence-corrected chi connectivity index (χ4v) is 3.02. The average Bonchev–Trinajstić information content (AvgIpc) is 2.04. The predicted octanol–water partition coefficient (Wildman–Crippen LogP) is 3.68. The van der Waals surface area contributed by atoms with Gasteiger partial charge < -0.3 is 4.89 Å². The molecule has 0 bridgehead atoms. The highest BCUT2D eigenvalue weighted by molar-refractivity contribution is 8.95. The second kappa shape index (κ2) is 4.20. The van der Waals surface area contributed by atoms with E-state index in [0.717, 1.165) is 12.1 Å². The summed E-state index contributed by atoms with van der Waals surface area (Å²) in [5, 5.41) is 0. The Kier molecular flexibility index (Phi) is 3.66. The van der Waals surface area contributed by atoms with Gasteiger partial charge in [-0.2, -0.15) is 0 Å². The smallest absolute Gasteiger partial charge is 0.256 e. The third-order valence-electron chi connectivity index (χ3n) is 1.33. The molecule has 13 heavy (non-hydrogen) atoms. The number of hydrogen-bond acceptors (Lipinski definition) is 1. The zero-order valence-electron chi connectivity index (χ0n) is 6.21. The summed E-state index contributed by atoms with van der Waals surface area (Å²) in [7, 11) is 5.57. The van der Waals surface area contributed by atoms with Gasteiger partial charge in [0.1, 0.15) is 5.82 Å². The molecule has 0 heterocycles. The van der Waals surface area contributed by atoms with Crippen molar-refractivity contribution in [1.82, 2.24) is 0 Å². The molecule has 0 aliphatic heterocycles. The molecule has 0 saturated heterocycles. The molecule has 0 aliphatic carbocycles. The molecule has 7 heteroatoms. The Morgan fingerprint density at radius 2 is 1.77 bits per heavy atom. The Morgan fingerprint density at radius 3 is 2.15 bits per heavy atom. The first-order valence-electron chi connectivity index (χ1n) is 3.15. The highest BCUT2D eigenvalue weighted by atomic mass is 36.0. The van der Waals surface area contributed by atoms with Crippen molar-refractivity contribution in [2.75, 3.05) is 0 Å². The lowest BCUT2D eigenvalue weighted by molar-refractivity contribution is 0.519. The van der Waals surface area contributed by atoms with Crippen LogP contribution in [-0.4, -0.2) is 4.89 Å². The first-order valence-corrected chi connectivity index (χ1v) is 8.52. The van der Waals surface area contributed by atoms with Crippen LogP contribution in [0.25, 0.3) is 0 Å². The van der Waals surface area contributed by atoms with Gasteiger partial charge in [0.15, 0.2) is 0 Å². The molecule has 0 saturated carbocycles. The topological polar surface area (TPSA) is 37.3 Å². The van der Waals surface area contributed by atoms with Crippen molar-refractivity contribution in [2.45, 2.75) is 4.90 Å². The van der Waals surface area contributed by atoms with Crippen molar-refractivity contribution in [2.24, 2.45) is 0 Å². The van der Waals surface area contributed by atoms with Crippen LogP contribution in [0.1, 0.15) is 0 Å². The molecule has 0 spiro atoms. The molecule has 0 amide bonds. The highest BCUT2D eigenvalue weighted by Gasteiger charge is 2.26. The maximum Gasteiger partial charge on any atom is 0.256 e. The maximum atomic E-state index is 12.5. The van der Waals surface area contributed by atoms with Crippen LogP contribution in [-0.2, 0) is 4.57 Å². The molecule has 0 aliphatic rings. The van der Waals surface area contributed by atoms with Gasteiger partial charge in [-0.15, -0.1) is 0 Å². The van der Waals surface area contributed by atoms with Crippen LogP contribution in [0, 0.1) is 5.82 Å². The zero-order chi connectivity index (χ0) is 10.1. The molecule has 0 fully saturated rings. The summed E-state index contributed by atoms with van der Waals surface area (Å²) in [4.78, 5) is 9.12. The predicted molar refractivity (Wildman–Crippen MR) is 55.2 cm³/mol. The van der Waals surface area contributed by atoms with Crippen LogP contribution < -0.4 is 0 Å². The van der Waals surface area contributed by atoms with E-state index in [0.29, 0.717) is 4.90 Å². The molecule has 0 radical (unpaired) electrons. The number of benzene rings is 1. The first-order chi connectivity index (χ1) is 5.94. The lowest BCUT2D eigenvalue weighted by Gasteiger charge is -2.20. The van der Waals surface area contributed by atoms with Crippen molar-refractivity contribution in [1.29, 1.82) is 0 Å². The summed E-state index contributed by atoms with van der Waals surface area (Å²) < 4.78 is 23.2. The third-order valence-corrected chi connectivity index (χ3v) is 8.10. The number of hydrogen-bond donors (Lipinski definition) is 1. The van der Waals surface area contributed by atoms with Gasteiger partial charge in [-0.25, -0.2) is 4.39 Å².